The average Bonchev–Trinajstić information content (AvgIpc) is 2.46. The molecule has 0 radical (unpaired) electrons. The topological polar surface area (TPSA) is 32.5 Å². The van der Waals surface area contributed by atoms with Gasteiger partial charge in [0.1, 0.15) is 0 Å². The van der Waals surface area contributed by atoms with E-state index in [0.29, 0.717) is 0 Å². The minimum Gasteiger partial charge on any atom is -0.330 e. The van der Waals surface area contributed by atoms with Crippen molar-refractivity contribution in [3.8, 4) is 0 Å². The monoisotopic (exact) mass is 295 g/mol. The molecule has 0 aromatic heterocycles. The molecule has 1 aliphatic rings. The number of hydrogen-bond donors (Lipinski definition) is 1. The molecule has 0 amide bonds. The van der Waals surface area contributed by atoms with Gasteiger partial charge in [0.25, 0.3) is 0 Å². The maximum absolute atomic E-state index is 6.01. The van der Waals surface area contributed by atoms with Crippen LogP contribution >= 0.6 is 11.6 Å². The molecule has 0 saturated carbocycles. The van der Waals surface area contributed by atoms with Crippen LogP contribution in [0.1, 0.15) is 18.4 Å². The molecule has 112 valence electrons. The van der Waals surface area contributed by atoms with Crippen molar-refractivity contribution in [1.29, 1.82) is 0 Å². The molecule has 1 heterocycles. The minimum absolute atomic E-state index is 0.805. The molecule has 3 nitrogen and oxygen atoms in total. The maximum atomic E-state index is 6.01. The largest absolute Gasteiger partial charge is 0.330 e. The Balaban J connectivity index is 1.61. The van der Waals surface area contributed by atoms with Crippen LogP contribution in [0.15, 0.2) is 24.3 Å². The van der Waals surface area contributed by atoms with Crippen molar-refractivity contribution < 1.29 is 0 Å². The van der Waals surface area contributed by atoms with E-state index in [1.54, 1.807) is 0 Å². The third-order valence-electron chi connectivity index (χ3n) is 3.97. The lowest BCUT2D eigenvalue weighted by molar-refractivity contribution is 0.131. The first kappa shape index (κ1) is 15.8. The Hall–Kier alpha value is -0.610. The summed E-state index contributed by atoms with van der Waals surface area (Å²) in [4.78, 5) is 5.10. The number of halogens is 1. The molecule has 0 spiro atoms. The summed E-state index contributed by atoms with van der Waals surface area (Å²) in [5, 5.41) is 0.844. The summed E-state index contributed by atoms with van der Waals surface area (Å²) < 4.78 is 0. The van der Waals surface area contributed by atoms with Gasteiger partial charge in [0.05, 0.1) is 0 Å². The van der Waals surface area contributed by atoms with Crippen LogP contribution in [0.5, 0.6) is 0 Å². The van der Waals surface area contributed by atoms with Gasteiger partial charge in [-0.05, 0) is 56.6 Å². The summed E-state index contributed by atoms with van der Waals surface area (Å²) in [5.41, 5.74) is 6.90. The van der Waals surface area contributed by atoms with E-state index >= 15 is 0 Å². The van der Waals surface area contributed by atoms with E-state index in [0.717, 1.165) is 31.0 Å². The van der Waals surface area contributed by atoms with E-state index in [4.69, 9.17) is 17.3 Å². The highest BCUT2D eigenvalue weighted by Crippen LogP contribution is 2.12. The minimum atomic E-state index is 0.805. The van der Waals surface area contributed by atoms with Crippen molar-refractivity contribution in [2.45, 2.75) is 19.3 Å². The average molecular weight is 296 g/mol. The standard InChI is InChI=1S/C16H26ClN3/c17-16-6-1-4-15(14-16)5-2-8-19-10-12-20(13-11-19)9-3-7-18/h1,4,6,14H,2-3,5,7-13,18H2. The number of rotatable bonds is 7. The third-order valence-corrected chi connectivity index (χ3v) is 4.21. The van der Waals surface area contributed by atoms with Crippen LogP contribution in [0, 0.1) is 0 Å². The molecule has 0 bridgehead atoms. The van der Waals surface area contributed by atoms with Gasteiger partial charge in [-0.2, -0.15) is 0 Å². The number of aryl methyl sites for hydroxylation is 1. The van der Waals surface area contributed by atoms with Gasteiger partial charge in [-0.1, -0.05) is 23.7 Å². The molecular weight excluding hydrogens is 270 g/mol. The zero-order chi connectivity index (χ0) is 14.2. The molecule has 0 aliphatic carbocycles. The van der Waals surface area contributed by atoms with Crippen molar-refractivity contribution >= 4 is 11.6 Å². The quantitative estimate of drug-likeness (QED) is 0.837. The second-order valence-electron chi connectivity index (χ2n) is 5.56. The van der Waals surface area contributed by atoms with Crippen molar-refractivity contribution in [2.75, 3.05) is 45.8 Å². The second-order valence-corrected chi connectivity index (χ2v) is 6.00. The van der Waals surface area contributed by atoms with E-state index in [2.05, 4.69) is 21.9 Å². The third kappa shape index (κ3) is 5.41. The predicted octanol–water partition coefficient (Wildman–Crippen LogP) is 2.24. The first-order valence-electron chi connectivity index (χ1n) is 7.67. The van der Waals surface area contributed by atoms with Crippen LogP contribution in [0.2, 0.25) is 5.02 Å². The van der Waals surface area contributed by atoms with Crippen molar-refractivity contribution in [3.63, 3.8) is 0 Å². The van der Waals surface area contributed by atoms with Crippen molar-refractivity contribution in [1.82, 2.24) is 9.80 Å². The second kappa shape index (κ2) is 8.63. The summed E-state index contributed by atoms with van der Waals surface area (Å²) in [7, 11) is 0. The molecule has 0 atom stereocenters. The molecule has 1 saturated heterocycles. The lowest BCUT2D eigenvalue weighted by Gasteiger charge is -2.34. The molecule has 1 aromatic rings. The number of hydrogen-bond acceptors (Lipinski definition) is 3. The van der Waals surface area contributed by atoms with Crippen LogP contribution in [0.25, 0.3) is 0 Å². The van der Waals surface area contributed by atoms with E-state index in [-0.39, 0.29) is 0 Å². The van der Waals surface area contributed by atoms with Gasteiger partial charge in [-0.25, -0.2) is 0 Å². The molecule has 1 fully saturated rings. The first-order chi connectivity index (χ1) is 9.78. The predicted molar refractivity (Wildman–Crippen MR) is 86.3 cm³/mol. The fraction of sp³-hybridized carbons (Fsp3) is 0.625. The normalized spacial score (nSPS) is 17.5. The smallest absolute Gasteiger partial charge is 0.0408 e. The molecule has 2 N–H and O–H groups in total. The maximum Gasteiger partial charge on any atom is 0.0408 e. The van der Waals surface area contributed by atoms with Gasteiger partial charge >= 0.3 is 0 Å². The van der Waals surface area contributed by atoms with Gasteiger partial charge in [0.15, 0.2) is 0 Å². The lowest BCUT2D eigenvalue weighted by Crippen LogP contribution is -2.47. The van der Waals surface area contributed by atoms with Gasteiger partial charge in [-0.15, -0.1) is 0 Å². The highest BCUT2D eigenvalue weighted by atomic mass is 35.5. The van der Waals surface area contributed by atoms with Crippen molar-refractivity contribution in [3.05, 3.63) is 34.9 Å². The lowest BCUT2D eigenvalue weighted by atomic mass is 10.1. The highest BCUT2D eigenvalue weighted by molar-refractivity contribution is 6.30. The Morgan fingerprint density at radius 3 is 2.25 bits per heavy atom. The fourth-order valence-electron chi connectivity index (χ4n) is 2.75. The molecule has 4 heteroatoms. The number of piperazine rings is 1. The van der Waals surface area contributed by atoms with E-state index < -0.39 is 0 Å². The number of nitrogens with two attached hydrogens (primary N) is 1. The zero-order valence-electron chi connectivity index (χ0n) is 12.2. The zero-order valence-corrected chi connectivity index (χ0v) is 13.0. The van der Waals surface area contributed by atoms with Gasteiger partial charge in [0, 0.05) is 31.2 Å². The van der Waals surface area contributed by atoms with Gasteiger partial charge < -0.3 is 15.5 Å². The van der Waals surface area contributed by atoms with Crippen LogP contribution in [0.4, 0.5) is 0 Å². The Labute approximate surface area is 127 Å². The van der Waals surface area contributed by atoms with E-state index in [1.807, 2.05) is 12.1 Å². The molecule has 20 heavy (non-hydrogen) atoms. The summed E-state index contributed by atoms with van der Waals surface area (Å²) in [6, 6.07) is 8.21. The fourth-order valence-corrected chi connectivity index (χ4v) is 2.96. The number of benzene rings is 1. The summed E-state index contributed by atoms with van der Waals surface area (Å²) in [6.07, 6.45) is 3.45. The number of nitrogens with zero attached hydrogens (tertiary/aromatic N) is 2. The molecular formula is C16H26ClN3. The first-order valence-corrected chi connectivity index (χ1v) is 8.05. The van der Waals surface area contributed by atoms with Crippen LogP contribution < -0.4 is 5.73 Å². The van der Waals surface area contributed by atoms with Crippen molar-refractivity contribution in [2.24, 2.45) is 5.73 Å². The summed E-state index contributed by atoms with van der Waals surface area (Å²) in [6.45, 7) is 7.93. The SMILES string of the molecule is NCCCN1CCN(CCCc2cccc(Cl)c2)CC1. The Morgan fingerprint density at radius 1 is 1.00 bits per heavy atom. The van der Waals surface area contributed by atoms with Crippen LogP contribution in [-0.2, 0) is 6.42 Å². The molecule has 0 unspecified atom stereocenters. The Bertz CT molecular complexity index is 389. The Morgan fingerprint density at radius 2 is 1.65 bits per heavy atom. The van der Waals surface area contributed by atoms with E-state index in [1.165, 1.54) is 44.7 Å². The summed E-state index contributed by atoms with van der Waals surface area (Å²) >= 11 is 6.01. The highest BCUT2D eigenvalue weighted by Gasteiger charge is 2.15. The summed E-state index contributed by atoms with van der Waals surface area (Å²) in [5.74, 6) is 0. The molecule has 1 aliphatic heterocycles. The molecule has 2 rings (SSSR count). The van der Waals surface area contributed by atoms with Gasteiger partial charge in [-0.3, -0.25) is 0 Å². The van der Waals surface area contributed by atoms with Gasteiger partial charge in [0.2, 0.25) is 0 Å². The Kier molecular flexibility index (Phi) is 6.80. The van der Waals surface area contributed by atoms with E-state index in [9.17, 15) is 0 Å². The molecule has 1 aromatic carbocycles. The van der Waals surface area contributed by atoms with Crippen LogP contribution in [0.3, 0.4) is 0 Å². The van der Waals surface area contributed by atoms with Crippen LogP contribution in [-0.4, -0.2) is 55.6 Å².